The minimum Gasteiger partial charge on any atom is -0.508 e. The number of nitrogens with zero attached hydrogens (tertiary/aromatic N) is 4. The van der Waals surface area contributed by atoms with Gasteiger partial charge in [-0.1, -0.05) is 6.07 Å². The van der Waals surface area contributed by atoms with E-state index < -0.39 is 5.82 Å². The number of rotatable bonds is 3. The molecule has 0 aliphatic heterocycles. The van der Waals surface area contributed by atoms with Crippen LogP contribution in [0, 0.1) is 5.82 Å². The number of hydrogen-bond donors (Lipinski definition) is 3. The van der Waals surface area contributed by atoms with E-state index in [0.29, 0.717) is 22.6 Å². The lowest BCUT2D eigenvalue weighted by Crippen LogP contribution is -1.85. The van der Waals surface area contributed by atoms with Crippen molar-refractivity contribution in [3.63, 3.8) is 0 Å². The summed E-state index contributed by atoms with van der Waals surface area (Å²) in [5.41, 5.74) is 5.70. The number of fused-ring (bicyclic) bond motifs is 2. The zero-order valence-electron chi connectivity index (χ0n) is 16.5. The van der Waals surface area contributed by atoms with Crippen LogP contribution in [0.5, 0.6) is 5.75 Å². The van der Waals surface area contributed by atoms with Crippen molar-refractivity contribution in [2.45, 2.75) is 0 Å². The zero-order valence-corrected chi connectivity index (χ0v) is 16.5. The van der Waals surface area contributed by atoms with Crippen LogP contribution in [0.4, 0.5) is 4.39 Å². The van der Waals surface area contributed by atoms with Gasteiger partial charge in [-0.2, -0.15) is 5.10 Å². The van der Waals surface area contributed by atoms with Crippen LogP contribution >= 0.6 is 0 Å². The molecule has 5 aromatic heterocycles. The summed E-state index contributed by atoms with van der Waals surface area (Å²) >= 11 is 0. The minimum absolute atomic E-state index is 0.152. The van der Waals surface area contributed by atoms with Crippen molar-refractivity contribution in [1.82, 2.24) is 30.1 Å². The highest BCUT2D eigenvalue weighted by Crippen LogP contribution is 2.34. The van der Waals surface area contributed by atoms with Crippen molar-refractivity contribution >= 4 is 21.9 Å². The average molecular weight is 422 g/mol. The summed E-state index contributed by atoms with van der Waals surface area (Å²) in [6.07, 6.45) is 5.14. The molecule has 0 aliphatic carbocycles. The fraction of sp³-hybridized carbons (Fsp3) is 0. The number of benzene rings is 1. The molecule has 0 bridgehead atoms. The molecule has 0 fully saturated rings. The molecule has 0 atom stereocenters. The van der Waals surface area contributed by atoms with Gasteiger partial charge in [-0.05, 0) is 42.5 Å². The maximum Gasteiger partial charge on any atom is 0.155 e. The van der Waals surface area contributed by atoms with Crippen molar-refractivity contribution in [3.05, 3.63) is 79.0 Å². The molecule has 0 aliphatic rings. The normalized spacial score (nSPS) is 11.4. The molecule has 1 aromatic carbocycles. The molecule has 0 unspecified atom stereocenters. The van der Waals surface area contributed by atoms with Crippen LogP contribution in [0.2, 0.25) is 0 Å². The predicted octanol–water partition coefficient (Wildman–Crippen LogP) is 5.07. The summed E-state index contributed by atoms with van der Waals surface area (Å²) in [4.78, 5) is 16.7. The van der Waals surface area contributed by atoms with Crippen LogP contribution < -0.4 is 0 Å². The predicted molar refractivity (Wildman–Crippen MR) is 119 cm³/mol. The fourth-order valence-electron chi connectivity index (χ4n) is 3.90. The van der Waals surface area contributed by atoms with E-state index >= 15 is 0 Å². The van der Waals surface area contributed by atoms with Gasteiger partial charge in [0.05, 0.1) is 17.1 Å². The molecule has 0 amide bonds. The SMILES string of the molecule is Oc1cc(F)cc(-c2nccc3[nH]c(-c4n[nH]c5ncc(-c6ccccn6)cc45)cc23)c1. The second-order valence-corrected chi connectivity index (χ2v) is 7.41. The fourth-order valence-corrected chi connectivity index (χ4v) is 3.90. The molecule has 32 heavy (non-hydrogen) atoms. The highest BCUT2D eigenvalue weighted by Gasteiger charge is 2.16. The Morgan fingerprint density at radius 3 is 2.59 bits per heavy atom. The summed E-state index contributed by atoms with van der Waals surface area (Å²) < 4.78 is 13.9. The molecular formula is C24H15FN6O. The molecule has 0 spiro atoms. The number of hydrogen-bond acceptors (Lipinski definition) is 5. The third kappa shape index (κ3) is 2.97. The van der Waals surface area contributed by atoms with Crippen LogP contribution in [0.3, 0.4) is 0 Å². The van der Waals surface area contributed by atoms with E-state index in [0.717, 1.165) is 39.3 Å². The van der Waals surface area contributed by atoms with Gasteiger partial charge in [0.1, 0.15) is 17.3 Å². The van der Waals surface area contributed by atoms with E-state index in [4.69, 9.17) is 0 Å². The van der Waals surface area contributed by atoms with Crippen molar-refractivity contribution in [2.75, 3.05) is 0 Å². The number of aromatic amines is 2. The molecule has 154 valence electrons. The maximum absolute atomic E-state index is 13.9. The number of H-pyrrole nitrogens is 2. The Hall–Kier alpha value is -4.59. The van der Waals surface area contributed by atoms with Crippen molar-refractivity contribution in [1.29, 1.82) is 0 Å². The minimum atomic E-state index is -0.527. The van der Waals surface area contributed by atoms with Gasteiger partial charge in [-0.15, -0.1) is 0 Å². The first kappa shape index (κ1) is 18.2. The summed E-state index contributed by atoms with van der Waals surface area (Å²) in [6.45, 7) is 0. The van der Waals surface area contributed by atoms with Gasteiger partial charge in [0.15, 0.2) is 5.65 Å². The lowest BCUT2D eigenvalue weighted by molar-refractivity contribution is 0.469. The molecule has 5 heterocycles. The first-order valence-electron chi connectivity index (χ1n) is 9.89. The van der Waals surface area contributed by atoms with Crippen LogP contribution in [0.1, 0.15) is 0 Å². The van der Waals surface area contributed by atoms with E-state index in [1.807, 2.05) is 36.4 Å². The molecule has 8 heteroatoms. The molecule has 6 aromatic rings. The summed E-state index contributed by atoms with van der Waals surface area (Å²) in [6, 6.07) is 15.4. The Kier molecular flexibility index (Phi) is 3.97. The lowest BCUT2D eigenvalue weighted by Gasteiger charge is -2.03. The summed E-state index contributed by atoms with van der Waals surface area (Å²) in [5, 5.41) is 18.9. The number of nitrogens with one attached hydrogen (secondary N) is 2. The van der Waals surface area contributed by atoms with Gasteiger partial charge in [0.25, 0.3) is 0 Å². The number of aromatic hydroxyl groups is 1. The van der Waals surface area contributed by atoms with Gasteiger partial charge in [-0.25, -0.2) is 9.37 Å². The lowest BCUT2D eigenvalue weighted by atomic mass is 10.1. The van der Waals surface area contributed by atoms with Crippen LogP contribution in [-0.2, 0) is 0 Å². The highest BCUT2D eigenvalue weighted by molar-refractivity contribution is 6.00. The van der Waals surface area contributed by atoms with Crippen molar-refractivity contribution < 1.29 is 9.50 Å². The molecule has 3 N–H and O–H groups in total. The quantitative estimate of drug-likeness (QED) is 0.369. The van der Waals surface area contributed by atoms with Crippen LogP contribution in [0.25, 0.3) is 55.8 Å². The number of phenols is 1. The van der Waals surface area contributed by atoms with Crippen LogP contribution in [-0.4, -0.2) is 35.2 Å². The van der Waals surface area contributed by atoms with E-state index in [1.165, 1.54) is 12.1 Å². The van der Waals surface area contributed by atoms with Gasteiger partial charge in [0.2, 0.25) is 0 Å². The third-order valence-corrected chi connectivity index (χ3v) is 5.34. The second kappa shape index (κ2) is 6.98. The molecule has 7 nitrogen and oxygen atoms in total. The van der Waals surface area contributed by atoms with E-state index in [-0.39, 0.29) is 5.75 Å². The Morgan fingerprint density at radius 2 is 1.75 bits per heavy atom. The number of aromatic nitrogens is 6. The zero-order chi connectivity index (χ0) is 21.7. The van der Waals surface area contributed by atoms with Gasteiger partial charge >= 0.3 is 0 Å². The second-order valence-electron chi connectivity index (χ2n) is 7.41. The Bertz CT molecular complexity index is 1590. The van der Waals surface area contributed by atoms with E-state index in [9.17, 15) is 9.50 Å². The molecule has 0 radical (unpaired) electrons. The van der Waals surface area contributed by atoms with Gasteiger partial charge in [-0.3, -0.25) is 15.1 Å². The first-order chi connectivity index (χ1) is 15.7. The van der Waals surface area contributed by atoms with Crippen molar-refractivity contribution in [3.8, 4) is 39.7 Å². The molecule has 0 saturated heterocycles. The van der Waals surface area contributed by atoms with Gasteiger partial charge in [0, 0.05) is 52.1 Å². The van der Waals surface area contributed by atoms with E-state index in [2.05, 4.69) is 30.1 Å². The maximum atomic E-state index is 13.9. The van der Waals surface area contributed by atoms with Crippen molar-refractivity contribution in [2.24, 2.45) is 0 Å². The van der Waals surface area contributed by atoms with Gasteiger partial charge < -0.3 is 10.1 Å². The molecule has 0 saturated carbocycles. The average Bonchev–Trinajstić information content (AvgIpc) is 3.42. The smallest absolute Gasteiger partial charge is 0.155 e. The monoisotopic (exact) mass is 422 g/mol. The third-order valence-electron chi connectivity index (χ3n) is 5.34. The first-order valence-corrected chi connectivity index (χ1v) is 9.89. The number of phenolic OH excluding ortho intramolecular Hbond substituents is 1. The topological polar surface area (TPSA) is 103 Å². The molecule has 6 rings (SSSR count). The Labute approximate surface area is 180 Å². The van der Waals surface area contributed by atoms with E-state index in [1.54, 1.807) is 18.6 Å². The number of halogens is 1. The van der Waals surface area contributed by atoms with Crippen LogP contribution in [0.15, 0.2) is 73.2 Å². The summed E-state index contributed by atoms with van der Waals surface area (Å²) in [5.74, 6) is -0.679. The largest absolute Gasteiger partial charge is 0.508 e. The highest BCUT2D eigenvalue weighted by atomic mass is 19.1. The molecular weight excluding hydrogens is 407 g/mol. The summed E-state index contributed by atoms with van der Waals surface area (Å²) in [7, 11) is 0. The Balaban J connectivity index is 1.52. The standard InChI is InChI=1S/C24H15FN6O/c25-15-7-13(8-16(32)10-15)22-17-11-21(29-20(17)4-6-27-22)23-18-9-14(12-28-24(18)31-30-23)19-3-1-2-5-26-19/h1-12,29,32H,(H,28,30,31). The number of pyridine rings is 3. The Morgan fingerprint density at radius 1 is 0.812 bits per heavy atom.